The summed E-state index contributed by atoms with van der Waals surface area (Å²) in [5.74, 6) is 0. The van der Waals surface area contributed by atoms with Crippen molar-refractivity contribution in [2.75, 3.05) is 85.3 Å². The zero-order valence-electron chi connectivity index (χ0n) is 38.4. The van der Waals surface area contributed by atoms with Gasteiger partial charge in [-0.1, -0.05) is 0 Å². The van der Waals surface area contributed by atoms with Crippen LogP contribution in [0.25, 0.3) is 0 Å². The molecule has 0 aliphatic carbocycles. The summed E-state index contributed by atoms with van der Waals surface area (Å²) in [6.45, 7) is 10.3. The van der Waals surface area contributed by atoms with Gasteiger partial charge in [0, 0.05) is 321 Å². The normalized spacial score (nSPS) is 3.05. The third-order valence-electron chi connectivity index (χ3n) is 0. The summed E-state index contributed by atoms with van der Waals surface area (Å²) in [5, 5.41) is 108. The van der Waals surface area contributed by atoms with E-state index in [9.17, 15) is 0 Å². The third kappa shape index (κ3) is 6710. The Morgan fingerprint density at radius 2 is 0.169 bits per heavy atom. The molecule has 0 spiro atoms. The Labute approximate surface area is 505 Å². The van der Waals surface area contributed by atoms with E-state index in [1.807, 2.05) is 0 Å². The minimum Gasteiger partial charge on any atom is -0.412 e. The predicted molar refractivity (Wildman–Crippen MR) is 200 cm³/mol. The van der Waals surface area contributed by atoms with Crippen molar-refractivity contribution in [2.45, 2.75) is 59.9 Å². The van der Waals surface area contributed by atoms with Crippen LogP contribution >= 0.6 is 0 Å². The van der Waals surface area contributed by atoms with E-state index < -0.39 is 0 Å². The summed E-state index contributed by atoms with van der Waals surface area (Å²) in [7, 11) is 12.0. The van der Waals surface area contributed by atoms with Crippen molar-refractivity contribution in [3.63, 3.8) is 0 Å². The maximum absolute atomic E-state index is 8.06. The molecule has 27 nitrogen and oxygen atoms in total. The Bertz CT molecular complexity index is 116. The number of hydrogen-bond donors (Lipinski definition) is 15. The molecule has 0 saturated heterocycles. The van der Waals surface area contributed by atoms with E-state index in [-0.39, 0.29) is 309 Å². The van der Waals surface area contributed by atoms with Gasteiger partial charge in [-0.3, -0.25) is 0 Å². The molecule has 0 fully saturated rings. The molecule has 0 aliphatic rings. The van der Waals surface area contributed by atoms with Gasteiger partial charge in [0.1, 0.15) is 0 Å². The van der Waals surface area contributed by atoms with Gasteiger partial charge in [-0.25, -0.2) is 0 Å². The third-order valence-corrected chi connectivity index (χ3v) is 0. The number of rotatable bonds is 0. The van der Waals surface area contributed by atoms with Crippen molar-refractivity contribution in [1.29, 1.82) is 0 Å². The van der Waals surface area contributed by atoms with E-state index in [1.165, 1.54) is 0 Å². The molecule has 0 rings (SSSR count). The molecule has 37 heteroatoms. The second-order valence-corrected chi connectivity index (χ2v) is 3.28. The smallest absolute Gasteiger partial charge is 0.0483 e. The van der Waals surface area contributed by atoms with Crippen LogP contribution in [0.2, 0.25) is 0 Å². The zero-order chi connectivity index (χ0) is 34.7. The van der Waals surface area contributed by atoms with Crippen LogP contribution in [-0.2, 0) is 217 Å². The first-order valence-electron chi connectivity index (χ1n) is 9.61. The summed E-state index contributed by atoms with van der Waals surface area (Å²) in [6.07, 6.45) is -0.500. The number of aliphatic hydroxyl groups excluding tert-OH is 15. The molecule has 0 heterocycles. The van der Waals surface area contributed by atoms with Crippen molar-refractivity contribution < 1.29 is 359 Å². The minimum atomic E-state index is -0.167. The van der Waals surface area contributed by atoms with Gasteiger partial charge in [0.25, 0.3) is 0 Å². The van der Waals surface area contributed by atoms with Crippen LogP contribution in [0, 0.1) is 7.43 Å². The molecule has 59 heavy (non-hydrogen) atoms. The van der Waals surface area contributed by atoms with E-state index in [2.05, 4.69) is 0 Å². The molecular weight excluding hydrogens is 1170 g/mol. The number of hydrogen-bond acceptors (Lipinski definition) is 15. The van der Waals surface area contributed by atoms with Crippen molar-refractivity contribution in [3.8, 4) is 0 Å². The molecule has 0 bridgehead atoms. The van der Waals surface area contributed by atoms with Crippen LogP contribution in [0.1, 0.15) is 41.5 Å². The summed E-state index contributed by atoms with van der Waals surface area (Å²) in [5.41, 5.74) is 0. The molecule has 0 aliphatic heterocycles. The Balaban J connectivity index is -0.00000000218. The van der Waals surface area contributed by atoms with Crippen molar-refractivity contribution >= 4 is 0 Å². The van der Waals surface area contributed by atoms with Gasteiger partial charge in [0.05, 0.1) is 0 Å². The first kappa shape index (κ1) is 365. The van der Waals surface area contributed by atoms with Crippen molar-refractivity contribution in [2.24, 2.45) is 0 Å². The van der Waals surface area contributed by atoms with Gasteiger partial charge in [0.2, 0.25) is 0 Å². The summed E-state index contributed by atoms with van der Waals surface area (Å²) in [4.78, 5) is 0. The van der Waals surface area contributed by atoms with Crippen LogP contribution in [0.5, 0.6) is 0 Å². The largest absolute Gasteiger partial charge is 0.412 e. The molecule has 0 aromatic carbocycles. The van der Waals surface area contributed by atoms with Gasteiger partial charge < -0.3 is 150 Å². The van der Waals surface area contributed by atoms with E-state index in [0.29, 0.717) is 0 Å². The fraction of sp³-hybridized carbons (Fsp3) is 0.955. The SMILES string of the molecule is CC(C)O.CC(C)O.CC(C)O.CO.CO.CO.CO.CO.CO.CO.CO.CO.CO.CO.CO.O.O.O.O.O.O.O.O.O.O.O.O.[CH3-].[Ti].[Ti].[Ti].[Ti].[Ti].[Ti].[Ti].[Ti].[Ti].[Ti]. The molecule has 0 aromatic heterocycles. The quantitative estimate of drug-likeness (QED) is 0.0791. The van der Waals surface area contributed by atoms with Gasteiger partial charge >= 0.3 is 0 Å². The summed E-state index contributed by atoms with van der Waals surface area (Å²) < 4.78 is 0. The Morgan fingerprint density at radius 1 is 0.169 bits per heavy atom. The average Bonchev–Trinajstić information content (AvgIpc) is 2.96. The van der Waals surface area contributed by atoms with Gasteiger partial charge in [-0.05, 0) is 41.5 Å². The van der Waals surface area contributed by atoms with Crippen LogP contribution in [-0.4, -0.2) is 246 Å². The van der Waals surface area contributed by atoms with E-state index in [0.717, 1.165) is 85.3 Å². The fourth-order valence-electron chi connectivity index (χ4n) is 0. The fourth-order valence-corrected chi connectivity index (χ4v) is 0. The van der Waals surface area contributed by atoms with E-state index >= 15 is 0 Å². The molecule has 39 N–H and O–H groups in total. The first-order valence-corrected chi connectivity index (χ1v) is 9.61. The maximum Gasteiger partial charge on any atom is 0.0483 e. The molecule has 0 saturated carbocycles. The minimum absolute atomic E-state index is 0. The summed E-state index contributed by atoms with van der Waals surface area (Å²) in [6, 6.07) is 0. The molecule has 0 atom stereocenters. The predicted octanol–water partition coefficient (Wildman–Crippen LogP) is -13.0. The topological polar surface area (TPSA) is 681 Å². The Kier molecular flexibility index (Phi) is 6940. The zero-order valence-corrected chi connectivity index (χ0v) is 54.1. The maximum atomic E-state index is 8.06. The molecule has 390 valence electrons. The van der Waals surface area contributed by atoms with E-state index in [1.54, 1.807) is 41.5 Å². The van der Waals surface area contributed by atoms with Crippen LogP contribution in [0.3, 0.4) is 0 Å². The number of aliphatic hydroxyl groups is 15. The van der Waals surface area contributed by atoms with Gasteiger partial charge in [0.15, 0.2) is 0 Å². The molecule has 0 unspecified atom stereocenters. The van der Waals surface area contributed by atoms with Gasteiger partial charge in [-0.2, -0.15) is 0 Å². The Morgan fingerprint density at radius 3 is 0.169 bits per heavy atom. The van der Waals surface area contributed by atoms with Gasteiger partial charge in [-0.15, -0.1) is 0 Å². The molecule has 0 aromatic rings. The van der Waals surface area contributed by atoms with Crippen molar-refractivity contribution in [3.05, 3.63) is 7.43 Å². The monoisotopic (exact) mass is 1280 g/mol. The molecular formula is C22H99O27Ti10-. The summed E-state index contributed by atoms with van der Waals surface area (Å²) >= 11 is 0. The van der Waals surface area contributed by atoms with Crippen LogP contribution in [0.4, 0.5) is 0 Å². The molecule has 0 radical (unpaired) electrons. The van der Waals surface area contributed by atoms with Crippen LogP contribution < -0.4 is 0 Å². The first-order chi connectivity index (χ1) is 17.2. The average molecular weight is 1270 g/mol. The second-order valence-electron chi connectivity index (χ2n) is 3.28. The second kappa shape index (κ2) is 1120. The van der Waals surface area contributed by atoms with E-state index in [4.69, 9.17) is 76.6 Å². The standard InChI is InChI=1S/3C3H8O.12CH4O.CH3.12H2O.10Ti/c3*1-3(2)4;12*1-2;;;;;;;;;;;;;;;;;;;;;;;/h3*3-4H,1-2H3;12*2H,1H3;1H3;12*1H2;;;;;;;;;;/q;;;;;;;;;;;;;;;-1;;;;;;;;;;;;;;;;;;;;;;. The van der Waals surface area contributed by atoms with Crippen LogP contribution in [0.15, 0.2) is 0 Å². The van der Waals surface area contributed by atoms with Crippen molar-refractivity contribution in [1.82, 2.24) is 0 Å². The molecule has 0 amide bonds. The Hall–Kier alpha value is 6.06.